The Balaban J connectivity index is 2.22. The fourth-order valence-electron chi connectivity index (χ4n) is 2.06. The minimum Gasteiger partial charge on any atom is -0.497 e. The third-order valence-electron chi connectivity index (χ3n) is 2.87. The van der Waals surface area contributed by atoms with Gasteiger partial charge in [0, 0.05) is 36.6 Å². The van der Waals surface area contributed by atoms with Gasteiger partial charge in [0.15, 0.2) is 0 Å². The van der Waals surface area contributed by atoms with Gasteiger partial charge in [-0.05, 0) is 25.3 Å². The van der Waals surface area contributed by atoms with Crippen LogP contribution in [-0.4, -0.2) is 20.2 Å². The Bertz CT molecular complexity index is 332. The monoisotopic (exact) mass is 206 g/mol. The Morgan fingerprint density at radius 1 is 1.13 bits per heavy atom. The molecule has 1 aromatic rings. The molecule has 15 heavy (non-hydrogen) atoms. The van der Waals surface area contributed by atoms with E-state index in [0.717, 1.165) is 24.5 Å². The summed E-state index contributed by atoms with van der Waals surface area (Å²) < 4.78 is 5.22. The van der Waals surface area contributed by atoms with E-state index in [2.05, 4.69) is 11.0 Å². The number of methoxy groups -OCH3 is 1. The van der Waals surface area contributed by atoms with Gasteiger partial charge in [-0.3, -0.25) is 0 Å². The highest BCUT2D eigenvalue weighted by Crippen LogP contribution is 2.27. The highest BCUT2D eigenvalue weighted by molar-refractivity contribution is 5.60. The van der Waals surface area contributed by atoms with Gasteiger partial charge in [0.2, 0.25) is 0 Å². The van der Waals surface area contributed by atoms with Crippen LogP contribution in [0.2, 0.25) is 0 Å². The molecule has 0 spiro atoms. The molecule has 0 atom stereocenters. The molecule has 0 saturated carbocycles. The summed E-state index contributed by atoms with van der Waals surface area (Å²) >= 11 is 0. The SMILES string of the molecule is COc1cc(N)cc(N2CCCCC2)c1. The van der Waals surface area contributed by atoms with Crippen molar-refractivity contribution in [3.63, 3.8) is 0 Å². The first-order valence-electron chi connectivity index (χ1n) is 5.49. The Morgan fingerprint density at radius 3 is 2.53 bits per heavy atom. The molecule has 1 heterocycles. The summed E-state index contributed by atoms with van der Waals surface area (Å²) in [5.41, 5.74) is 7.79. The lowest BCUT2D eigenvalue weighted by atomic mass is 10.1. The van der Waals surface area contributed by atoms with E-state index in [4.69, 9.17) is 10.5 Å². The molecule has 1 aliphatic rings. The lowest BCUT2D eigenvalue weighted by molar-refractivity contribution is 0.415. The summed E-state index contributed by atoms with van der Waals surface area (Å²) in [7, 11) is 1.68. The number of piperidine rings is 1. The third-order valence-corrected chi connectivity index (χ3v) is 2.87. The number of nitrogens with two attached hydrogens (primary N) is 1. The molecule has 0 aliphatic carbocycles. The smallest absolute Gasteiger partial charge is 0.122 e. The average Bonchev–Trinajstić information content (AvgIpc) is 2.29. The van der Waals surface area contributed by atoms with Gasteiger partial charge in [-0.15, -0.1) is 0 Å². The van der Waals surface area contributed by atoms with Gasteiger partial charge in [-0.1, -0.05) is 0 Å². The second kappa shape index (κ2) is 4.43. The normalized spacial score (nSPS) is 16.5. The molecule has 1 aliphatic heterocycles. The molecule has 0 bridgehead atoms. The molecule has 1 aromatic carbocycles. The van der Waals surface area contributed by atoms with Crippen LogP contribution in [-0.2, 0) is 0 Å². The van der Waals surface area contributed by atoms with E-state index in [1.807, 2.05) is 12.1 Å². The zero-order chi connectivity index (χ0) is 10.7. The van der Waals surface area contributed by atoms with Gasteiger partial charge in [0.1, 0.15) is 5.75 Å². The first-order chi connectivity index (χ1) is 7.29. The van der Waals surface area contributed by atoms with Crippen LogP contribution < -0.4 is 15.4 Å². The van der Waals surface area contributed by atoms with Crippen molar-refractivity contribution in [1.82, 2.24) is 0 Å². The van der Waals surface area contributed by atoms with Crippen LogP contribution in [0.4, 0.5) is 11.4 Å². The average molecular weight is 206 g/mol. The van der Waals surface area contributed by atoms with Gasteiger partial charge in [-0.2, -0.15) is 0 Å². The number of ether oxygens (including phenoxy) is 1. The molecule has 82 valence electrons. The second-order valence-corrected chi connectivity index (χ2v) is 4.01. The summed E-state index contributed by atoms with van der Waals surface area (Å²) in [5, 5.41) is 0. The third kappa shape index (κ3) is 2.35. The Morgan fingerprint density at radius 2 is 1.87 bits per heavy atom. The first-order valence-corrected chi connectivity index (χ1v) is 5.49. The van der Waals surface area contributed by atoms with Gasteiger partial charge in [0.05, 0.1) is 7.11 Å². The minimum absolute atomic E-state index is 0.773. The molecule has 0 amide bonds. The number of anilines is 2. The van der Waals surface area contributed by atoms with E-state index in [0.29, 0.717) is 0 Å². The Kier molecular flexibility index (Phi) is 2.99. The Labute approximate surface area is 90.8 Å². The lowest BCUT2D eigenvalue weighted by Gasteiger charge is -2.29. The fraction of sp³-hybridized carbons (Fsp3) is 0.500. The van der Waals surface area contributed by atoms with Crippen molar-refractivity contribution < 1.29 is 4.74 Å². The molecule has 0 radical (unpaired) electrons. The molecule has 2 rings (SSSR count). The van der Waals surface area contributed by atoms with Gasteiger partial charge in [-0.25, -0.2) is 0 Å². The summed E-state index contributed by atoms with van der Waals surface area (Å²) in [6.07, 6.45) is 3.89. The highest BCUT2D eigenvalue weighted by Gasteiger charge is 2.11. The predicted molar refractivity (Wildman–Crippen MR) is 63.5 cm³/mol. The van der Waals surface area contributed by atoms with E-state index in [1.165, 1.54) is 24.9 Å². The fourth-order valence-corrected chi connectivity index (χ4v) is 2.06. The van der Waals surface area contributed by atoms with Crippen LogP contribution in [0.15, 0.2) is 18.2 Å². The lowest BCUT2D eigenvalue weighted by Crippen LogP contribution is -2.29. The van der Waals surface area contributed by atoms with E-state index in [9.17, 15) is 0 Å². The summed E-state index contributed by atoms with van der Waals surface area (Å²) in [6, 6.07) is 5.93. The van der Waals surface area contributed by atoms with Crippen molar-refractivity contribution in [2.24, 2.45) is 0 Å². The molecule has 0 unspecified atom stereocenters. The number of benzene rings is 1. The first kappa shape index (κ1) is 10.1. The van der Waals surface area contributed by atoms with E-state index < -0.39 is 0 Å². The molecular weight excluding hydrogens is 188 g/mol. The van der Waals surface area contributed by atoms with Gasteiger partial charge >= 0.3 is 0 Å². The summed E-state index contributed by atoms with van der Waals surface area (Å²) in [5.74, 6) is 0.843. The number of nitrogen functional groups attached to an aromatic ring is 1. The maximum atomic E-state index is 5.83. The predicted octanol–water partition coefficient (Wildman–Crippen LogP) is 2.27. The van der Waals surface area contributed by atoms with E-state index in [-0.39, 0.29) is 0 Å². The van der Waals surface area contributed by atoms with Crippen molar-refractivity contribution in [3.8, 4) is 5.75 Å². The van der Waals surface area contributed by atoms with Crippen molar-refractivity contribution >= 4 is 11.4 Å². The Hall–Kier alpha value is -1.38. The van der Waals surface area contributed by atoms with Crippen LogP contribution in [0.25, 0.3) is 0 Å². The molecule has 0 aromatic heterocycles. The molecule has 3 nitrogen and oxygen atoms in total. The summed E-state index contributed by atoms with van der Waals surface area (Å²) in [4.78, 5) is 2.38. The number of hydrogen-bond donors (Lipinski definition) is 1. The van der Waals surface area contributed by atoms with Crippen molar-refractivity contribution in [2.45, 2.75) is 19.3 Å². The maximum absolute atomic E-state index is 5.83. The van der Waals surface area contributed by atoms with Crippen LogP contribution in [0.3, 0.4) is 0 Å². The van der Waals surface area contributed by atoms with Crippen LogP contribution >= 0.6 is 0 Å². The molecule has 2 N–H and O–H groups in total. The molecule has 3 heteroatoms. The standard InChI is InChI=1S/C12H18N2O/c1-15-12-8-10(13)7-11(9-12)14-5-3-2-4-6-14/h7-9H,2-6,13H2,1H3. The largest absolute Gasteiger partial charge is 0.497 e. The maximum Gasteiger partial charge on any atom is 0.122 e. The van der Waals surface area contributed by atoms with Crippen molar-refractivity contribution in [2.75, 3.05) is 30.8 Å². The zero-order valence-corrected chi connectivity index (χ0v) is 9.20. The van der Waals surface area contributed by atoms with Gasteiger partial charge < -0.3 is 15.4 Å². The quantitative estimate of drug-likeness (QED) is 0.754. The number of rotatable bonds is 2. The van der Waals surface area contributed by atoms with E-state index in [1.54, 1.807) is 7.11 Å². The van der Waals surface area contributed by atoms with Crippen LogP contribution in [0.5, 0.6) is 5.75 Å². The van der Waals surface area contributed by atoms with E-state index >= 15 is 0 Å². The topological polar surface area (TPSA) is 38.5 Å². The number of nitrogens with zero attached hydrogens (tertiary/aromatic N) is 1. The minimum atomic E-state index is 0.773. The van der Waals surface area contributed by atoms with Crippen LogP contribution in [0.1, 0.15) is 19.3 Å². The molecule has 1 fully saturated rings. The second-order valence-electron chi connectivity index (χ2n) is 4.01. The zero-order valence-electron chi connectivity index (χ0n) is 9.20. The van der Waals surface area contributed by atoms with Crippen LogP contribution in [0, 0.1) is 0 Å². The molecular formula is C12H18N2O. The summed E-state index contributed by atoms with van der Waals surface area (Å²) in [6.45, 7) is 2.26. The highest BCUT2D eigenvalue weighted by atomic mass is 16.5. The van der Waals surface area contributed by atoms with Crippen molar-refractivity contribution in [3.05, 3.63) is 18.2 Å². The number of hydrogen-bond acceptors (Lipinski definition) is 3. The molecule has 1 saturated heterocycles. The van der Waals surface area contributed by atoms with Gasteiger partial charge in [0.25, 0.3) is 0 Å². The van der Waals surface area contributed by atoms with Crippen molar-refractivity contribution in [1.29, 1.82) is 0 Å².